The highest BCUT2D eigenvalue weighted by Crippen LogP contribution is 2.68. The number of aliphatic hydroxyl groups excluding tert-OH is 2. The van der Waals surface area contributed by atoms with Crippen LogP contribution in [0.15, 0.2) is 0 Å². The SMILES string of the molecule is C[C@H](CCCO)C1CC[C@H]2[C@@H]3CC[C@@H]4C[C@H](O)CCC4(C)C3CCC12C. The standard InChI is InChI=1S/C24H42O2/c1-16(5-4-14-25)20-8-9-21-19-7-6-17-15-18(26)10-12-23(17,2)22(19)11-13-24(20,21)3/h16-22,25-26H,4-15H2,1-3H3/t16-,17-,18-,19+,20?,21+,22?,23?,24?/m1/s1. The lowest BCUT2D eigenvalue weighted by Gasteiger charge is -2.61. The molecule has 0 amide bonds. The first kappa shape index (κ1) is 19.2. The third kappa shape index (κ3) is 2.89. The predicted molar refractivity (Wildman–Crippen MR) is 107 cm³/mol. The van der Waals surface area contributed by atoms with E-state index >= 15 is 0 Å². The van der Waals surface area contributed by atoms with Gasteiger partial charge in [-0.15, -0.1) is 0 Å². The molecule has 0 aromatic heterocycles. The monoisotopic (exact) mass is 362 g/mol. The summed E-state index contributed by atoms with van der Waals surface area (Å²) in [4.78, 5) is 0. The van der Waals surface area contributed by atoms with E-state index in [-0.39, 0.29) is 6.10 Å². The van der Waals surface area contributed by atoms with E-state index in [1.54, 1.807) is 0 Å². The Morgan fingerprint density at radius 1 is 0.923 bits per heavy atom. The maximum atomic E-state index is 10.2. The van der Waals surface area contributed by atoms with E-state index in [0.29, 0.717) is 17.4 Å². The number of rotatable bonds is 4. The number of aliphatic hydroxyl groups is 2. The van der Waals surface area contributed by atoms with Crippen molar-refractivity contribution in [1.82, 2.24) is 0 Å². The van der Waals surface area contributed by atoms with Crippen LogP contribution in [0, 0.1) is 46.3 Å². The Bertz CT molecular complexity index is 504. The molecule has 0 aliphatic heterocycles. The van der Waals surface area contributed by atoms with Crippen molar-refractivity contribution < 1.29 is 10.2 Å². The molecule has 0 saturated heterocycles. The summed E-state index contributed by atoms with van der Waals surface area (Å²) in [6.07, 6.45) is 14.1. The molecule has 26 heavy (non-hydrogen) atoms. The van der Waals surface area contributed by atoms with Crippen LogP contribution in [0.2, 0.25) is 0 Å². The van der Waals surface area contributed by atoms with Gasteiger partial charge in [0.05, 0.1) is 6.10 Å². The fourth-order valence-corrected chi connectivity index (χ4v) is 8.83. The average Bonchev–Trinajstić information content (AvgIpc) is 2.97. The van der Waals surface area contributed by atoms with E-state index < -0.39 is 0 Å². The van der Waals surface area contributed by atoms with Gasteiger partial charge in [0.25, 0.3) is 0 Å². The van der Waals surface area contributed by atoms with Crippen molar-refractivity contribution in [2.45, 2.75) is 97.5 Å². The molecule has 4 aliphatic rings. The van der Waals surface area contributed by atoms with Gasteiger partial charge in [0, 0.05) is 6.61 Å². The van der Waals surface area contributed by atoms with Crippen LogP contribution in [-0.2, 0) is 0 Å². The summed E-state index contributed by atoms with van der Waals surface area (Å²) in [5, 5.41) is 19.4. The Labute approximate surface area is 161 Å². The van der Waals surface area contributed by atoms with Gasteiger partial charge in [-0.3, -0.25) is 0 Å². The fraction of sp³-hybridized carbons (Fsp3) is 1.00. The molecule has 2 nitrogen and oxygen atoms in total. The first-order valence-corrected chi connectivity index (χ1v) is 11.7. The van der Waals surface area contributed by atoms with Crippen LogP contribution in [0.25, 0.3) is 0 Å². The van der Waals surface area contributed by atoms with Crippen LogP contribution >= 0.6 is 0 Å². The highest BCUT2D eigenvalue weighted by atomic mass is 16.3. The van der Waals surface area contributed by atoms with E-state index in [2.05, 4.69) is 20.8 Å². The van der Waals surface area contributed by atoms with Gasteiger partial charge >= 0.3 is 0 Å². The minimum atomic E-state index is -0.0262. The van der Waals surface area contributed by atoms with Crippen LogP contribution in [0.3, 0.4) is 0 Å². The van der Waals surface area contributed by atoms with Gasteiger partial charge in [-0.25, -0.2) is 0 Å². The molecule has 0 heterocycles. The zero-order valence-electron chi connectivity index (χ0n) is 17.4. The second-order valence-corrected chi connectivity index (χ2v) is 11.2. The van der Waals surface area contributed by atoms with Crippen molar-refractivity contribution >= 4 is 0 Å². The predicted octanol–water partition coefficient (Wildman–Crippen LogP) is 5.41. The van der Waals surface area contributed by atoms with Crippen LogP contribution in [0.5, 0.6) is 0 Å². The second kappa shape index (κ2) is 7.07. The van der Waals surface area contributed by atoms with Crippen molar-refractivity contribution in [1.29, 1.82) is 0 Å². The third-order valence-electron chi connectivity index (χ3n) is 10.2. The van der Waals surface area contributed by atoms with Crippen molar-refractivity contribution in [3.63, 3.8) is 0 Å². The van der Waals surface area contributed by atoms with Crippen molar-refractivity contribution in [2.75, 3.05) is 6.61 Å². The van der Waals surface area contributed by atoms with E-state index in [4.69, 9.17) is 0 Å². The zero-order chi connectivity index (χ0) is 18.5. The lowest BCUT2D eigenvalue weighted by atomic mass is 9.44. The molecule has 0 bridgehead atoms. The quantitative estimate of drug-likeness (QED) is 0.701. The van der Waals surface area contributed by atoms with Crippen molar-refractivity contribution in [3.05, 3.63) is 0 Å². The summed E-state index contributed by atoms with van der Waals surface area (Å²) in [5.74, 6) is 5.22. The minimum Gasteiger partial charge on any atom is -0.396 e. The molecule has 0 aromatic carbocycles. The van der Waals surface area contributed by atoms with Crippen LogP contribution in [0.4, 0.5) is 0 Å². The van der Waals surface area contributed by atoms with Gasteiger partial charge in [-0.05, 0) is 117 Å². The molecule has 0 radical (unpaired) electrons. The minimum absolute atomic E-state index is 0.0262. The van der Waals surface area contributed by atoms with Gasteiger partial charge in [-0.2, -0.15) is 0 Å². The van der Waals surface area contributed by atoms with Gasteiger partial charge in [-0.1, -0.05) is 20.8 Å². The Balaban J connectivity index is 1.52. The summed E-state index contributed by atoms with van der Waals surface area (Å²) in [6.45, 7) is 8.05. The van der Waals surface area contributed by atoms with Gasteiger partial charge < -0.3 is 10.2 Å². The smallest absolute Gasteiger partial charge is 0.0543 e. The zero-order valence-corrected chi connectivity index (χ0v) is 17.4. The summed E-state index contributed by atoms with van der Waals surface area (Å²) in [5.41, 5.74) is 1.05. The number of fused-ring (bicyclic) bond motifs is 5. The molecule has 2 heteroatoms. The van der Waals surface area contributed by atoms with E-state index in [9.17, 15) is 10.2 Å². The van der Waals surface area contributed by atoms with Gasteiger partial charge in [0.1, 0.15) is 0 Å². The normalized spacial score (nSPS) is 52.0. The molecule has 4 unspecified atom stereocenters. The molecule has 2 N–H and O–H groups in total. The second-order valence-electron chi connectivity index (χ2n) is 11.2. The summed E-state index contributed by atoms with van der Waals surface area (Å²) >= 11 is 0. The van der Waals surface area contributed by atoms with E-state index in [1.807, 2.05) is 0 Å². The lowest BCUT2D eigenvalue weighted by molar-refractivity contribution is -0.129. The summed E-state index contributed by atoms with van der Waals surface area (Å²) in [6, 6.07) is 0. The Morgan fingerprint density at radius 2 is 1.65 bits per heavy atom. The lowest BCUT2D eigenvalue weighted by Crippen LogP contribution is -2.54. The summed E-state index contributed by atoms with van der Waals surface area (Å²) < 4.78 is 0. The molecule has 9 atom stereocenters. The molecule has 4 aliphatic carbocycles. The van der Waals surface area contributed by atoms with E-state index in [1.165, 1.54) is 51.4 Å². The average molecular weight is 363 g/mol. The Morgan fingerprint density at radius 3 is 2.42 bits per heavy atom. The first-order valence-electron chi connectivity index (χ1n) is 11.7. The Kier molecular flexibility index (Phi) is 5.23. The van der Waals surface area contributed by atoms with Gasteiger partial charge in [0.2, 0.25) is 0 Å². The molecule has 4 fully saturated rings. The fourth-order valence-electron chi connectivity index (χ4n) is 8.83. The number of hydrogen-bond donors (Lipinski definition) is 2. The largest absolute Gasteiger partial charge is 0.396 e. The topological polar surface area (TPSA) is 40.5 Å². The maximum Gasteiger partial charge on any atom is 0.0543 e. The van der Waals surface area contributed by atoms with Crippen molar-refractivity contribution in [2.24, 2.45) is 46.3 Å². The molecule has 4 saturated carbocycles. The van der Waals surface area contributed by atoms with Crippen molar-refractivity contribution in [3.8, 4) is 0 Å². The van der Waals surface area contributed by atoms with Gasteiger partial charge in [0.15, 0.2) is 0 Å². The summed E-state index contributed by atoms with van der Waals surface area (Å²) in [7, 11) is 0. The molecule has 150 valence electrons. The molecule has 4 rings (SSSR count). The third-order valence-corrected chi connectivity index (χ3v) is 10.2. The van der Waals surface area contributed by atoms with Crippen LogP contribution in [0.1, 0.15) is 91.4 Å². The molecular formula is C24H42O2. The highest BCUT2D eigenvalue weighted by molar-refractivity contribution is 5.09. The highest BCUT2D eigenvalue weighted by Gasteiger charge is 2.60. The van der Waals surface area contributed by atoms with Crippen LogP contribution in [-0.4, -0.2) is 22.9 Å². The number of hydrogen-bond acceptors (Lipinski definition) is 2. The maximum absolute atomic E-state index is 10.2. The van der Waals surface area contributed by atoms with E-state index in [0.717, 1.165) is 54.8 Å². The first-order chi connectivity index (χ1) is 12.4. The Hall–Kier alpha value is -0.0800. The van der Waals surface area contributed by atoms with Crippen LogP contribution < -0.4 is 0 Å². The molecule has 0 spiro atoms. The molecule has 0 aromatic rings. The molecular weight excluding hydrogens is 320 g/mol.